The van der Waals surface area contributed by atoms with Gasteiger partial charge in [-0.3, -0.25) is 0 Å². The predicted octanol–water partition coefficient (Wildman–Crippen LogP) is 3.57. The molecule has 0 spiro atoms. The average molecular weight is 365 g/mol. The molecule has 0 amide bonds. The Kier molecular flexibility index (Phi) is 5.50. The van der Waals surface area contributed by atoms with Crippen molar-refractivity contribution in [1.82, 2.24) is 4.72 Å². The number of nitrogens with zero attached hydrogens (tertiary/aromatic N) is 1. The van der Waals surface area contributed by atoms with Gasteiger partial charge in [0.1, 0.15) is 11.8 Å². The summed E-state index contributed by atoms with van der Waals surface area (Å²) in [7, 11) is -2.25. The van der Waals surface area contributed by atoms with Gasteiger partial charge < -0.3 is 4.74 Å². The Balaban J connectivity index is 2.34. The molecule has 2 aromatic rings. The quantitative estimate of drug-likeness (QED) is 0.879. The van der Waals surface area contributed by atoms with Crippen LogP contribution in [0.25, 0.3) is 0 Å². The van der Waals surface area contributed by atoms with Crippen LogP contribution in [0.4, 0.5) is 0 Å². The van der Waals surface area contributed by atoms with Crippen LogP contribution in [0.3, 0.4) is 0 Å². The van der Waals surface area contributed by atoms with E-state index >= 15 is 0 Å². The summed E-state index contributed by atoms with van der Waals surface area (Å²) in [6.45, 7) is 3.66. The van der Waals surface area contributed by atoms with Gasteiger partial charge in [-0.25, -0.2) is 13.1 Å². The number of sulfonamides is 1. The van der Waals surface area contributed by atoms with E-state index in [9.17, 15) is 8.42 Å². The van der Waals surface area contributed by atoms with E-state index in [2.05, 4.69) is 4.72 Å². The lowest BCUT2D eigenvalue weighted by Crippen LogP contribution is -2.27. The average Bonchev–Trinajstić information content (AvgIpc) is 2.54. The Bertz CT molecular complexity index is 905. The molecule has 5 nitrogen and oxygen atoms in total. The zero-order valence-electron chi connectivity index (χ0n) is 13.5. The molecule has 0 aliphatic heterocycles. The predicted molar refractivity (Wildman–Crippen MR) is 92.6 cm³/mol. The second-order valence-corrected chi connectivity index (χ2v) is 7.46. The molecule has 0 aromatic heterocycles. The van der Waals surface area contributed by atoms with Crippen LogP contribution in [0.1, 0.15) is 29.7 Å². The van der Waals surface area contributed by atoms with Gasteiger partial charge in [-0.05, 0) is 38.1 Å². The summed E-state index contributed by atoms with van der Waals surface area (Å²) in [6.07, 6.45) is 0. The van der Waals surface area contributed by atoms with E-state index in [4.69, 9.17) is 21.6 Å². The van der Waals surface area contributed by atoms with Crippen LogP contribution >= 0.6 is 11.6 Å². The first-order valence-electron chi connectivity index (χ1n) is 7.15. The van der Waals surface area contributed by atoms with Gasteiger partial charge in [0.25, 0.3) is 0 Å². The van der Waals surface area contributed by atoms with Crippen molar-refractivity contribution in [2.45, 2.75) is 24.8 Å². The van der Waals surface area contributed by atoms with Crippen LogP contribution in [0, 0.1) is 18.3 Å². The van der Waals surface area contributed by atoms with Crippen LogP contribution in [-0.2, 0) is 10.0 Å². The number of rotatable bonds is 5. The molecule has 2 rings (SSSR count). The van der Waals surface area contributed by atoms with Crippen LogP contribution < -0.4 is 9.46 Å². The third-order valence-corrected chi connectivity index (χ3v) is 5.41. The molecule has 0 bridgehead atoms. The Hall–Kier alpha value is -2.07. The van der Waals surface area contributed by atoms with E-state index < -0.39 is 16.1 Å². The van der Waals surface area contributed by atoms with E-state index in [0.29, 0.717) is 5.75 Å². The number of ether oxygens (including phenoxy) is 1. The first-order valence-corrected chi connectivity index (χ1v) is 9.01. The Morgan fingerprint density at radius 2 is 1.96 bits per heavy atom. The number of hydrogen-bond donors (Lipinski definition) is 1. The summed E-state index contributed by atoms with van der Waals surface area (Å²) in [4.78, 5) is 0.00460. The van der Waals surface area contributed by atoms with Gasteiger partial charge >= 0.3 is 0 Å². The fourth-order valence-electron chi connectivity index (χ4n) is 2.31. The maximum atomic E-state index is 12.6. The van der Waals surface area contributed by atoms with Gasteiger partial charge in [-0.1, -0.05) is 29.3 Å². The zero-order chi connectivity index (χ0) is 17.9. The van der Waals surface area contributed by atoms with Gasteiger partial charge in [0.2, 0.25) is 10.0 Å². The lowest BCUT2D eigenvalue weighted by molar-refractivity contribution is 0.405. The van der Waals surface area contributed by atoms with Gasteiger partial charge in [0.05, 0.1) is 22.6 Å². The van der Waals surface area contributed by atoms with Crippen molar-refractivity contribution in [3.8, 4) is 11.8 Å². The van der Waals surface area contributed by atoms with E-state index in [0.717, 1.165) is 11.1 Å². The monoisotopic (exact) mass is 364 g/mol. The number of methoxy groups -OCH3 is 1. The van der Waals surface area contributed by atoms with E-state index in [1.807, 2.05) is 25.1 Å². The third-order valence-electron chi connectivity index (χ3n) is 3.55. The molecule has 0 saturated heterocycles. The van der Waals surface area contributed by atoms with Crippen molar-refractivity contribution in [3.05, 3.63) is 58.1 Å². The topological polar surface area (TPSA) is 79.2 Å². The number of hydrogen-bond acceptors (Lipinski definition) is 4. The van der Waals surface area contributed by atoms with Gasteiger partial charge in [0.15, 0.2) is 0 Å². The molecule has 0 heterocycles. The molecule has 0 aliphatic rings. The van der Waals surface area contributed by atoms with Crippen molar-refractivity contribution in [2.24, 2.45) is 0 Å². The van der Waals surface area contributed by atoms with E-state index in [1.54, 1.807) is 13.0 Å². The highest BCUT2D eigenvalue weighted by Crippen LogP contribution is 2.28. The number of halogens is 1. The molecule has 1 atom stereocenters. The molecule has 2 aromatic carbocycles. The van der Waals surface area contributed by atoms with Crippen molar-refractivity contribution in [1.29, 1.82) is 5.26 Å². The Morgan fingerprint density at radius 1 is 1.25 bits per heavy atom. The fraction of sp³-hybridized carbons (Fsp3) is 0.235. The van der Waals surface area contributed by atoms with Crippen molar-refractivity contribution >= 4 is 21.6 Å². The minimum absolute atomic E-state index is 0.00460. The molecule has 1 N–H and O–H groups in total. The molecule has 0 saturated carbocycles. The molecular weight excluding hydrogens is 348 g/mol. The molecule has 0 aliphatic carbocycles. The van der Waals surface area contributed by atoms with Crippen LogP contribution in [-0.4, -0.2) is 15.5 Å². The second kappa shape index (κ2) is 7.22. The number of aryl methyl sites for hydroxylation is 1. The molecule has 24 heavy (non-hydrogen) atoms. The fourth-order valence-corrected chi connectivity index (χ4v) is 3.85. The molecule has 0 fully saturated rings. The number of nitrogens with one attached hydrogen (secondary N) is 1. The SMILES string of the molecule is COc1ccc(C)cc1C(C)NS(=O)(=O)c1ccc(C#N)c(Cl)c1. The highest BCUT2D eigenvalue weighted by atomic mass is 35.5. The highest BCUT2D eigenvalue weighted by molar-refractivity contribution is 7.89. The first kappa shape index (κ1) is 18.3. The van der Waals surface area contributed by atoms with E-state index in [-0.39, 0.29) is 15.5 Å². The summed E-state index contributed by atoms with van der Waals surface area (Å²) in [5, 5.41) is 8.97. The first-order chi connectivity index (χ1) is 11.3. The Morgan fingerprint density at radius 3 is 2.54 bits per heavy atom. The molecule has 126 valence electrons. The largest absolute Gasteiger partial charge is 0.496 e. The lowest BCUT2D eigenvalue weighted by Gasteiger charge is -2.18. The van der Waals surface area contributed by atoms with Crippen molar-refractivity contribution in [3.63, 3.8) is 0 Å². The molecular formula is C17H17ClN2O3S. The third kappa shape index (κ3) is 3.88. The van der Waals surface area contributed by atoms with Crippen LogP contribution in [0.15, 0.2) is 41.3 Å². The normalized spacial score (nSPS) is 12.5. The van der Waals surface area contributed by atoms with Gasteiger partial charge in [-0.2, -0.15) is 5.26 Å². The van der Waals surface area contributed by atoms with Gasteiger partial charge in [0, 0.05) is 11.6 Å². The number of benzene rings is 2. The van der Waals surface area contributed by atoms with E-state index in [1.165, 1.54) is 25.3 Å². The molecule has 7 heteroatoms. The minimum atomic E-state index is -3.79. The zero-order valence-corrected chi connectivity index (χ0v) is 15.1. The Labute approximate surface area is 146 Å². The maximum Gasteiger partial charge on any atom is 0.241 e. The molecule has 0 radical (unpaired) electrons. The van der Waals surface area contributed by atoms with Gasteiger partial charge in [-0.15, -0.1) is 0 Å². The smallest absolute Gasteiger partial charge is 0.241 e. The van der Waals surface area contributed by atoms with Crippen LogP contribution in [0.5, 0.6) is 5.75 Å². The summed E-state index contributed by atoms with van der Waals surface area (Å²) >= 11 is 5.92. The second-order valence-electron chi connectivity index (χ2n) is 5.34. The van der Waals surface area contributed by atoms with Crippen molar-refractivity contribution in [2.75, 3.05) is 7.11 Å². The highest BCUT2D eigenvalue weighted by Gasteiger charge is 2.21. The summed E-state index contributed by atoms with van der Waals surface area (Å²) in [5.74, 6) is 0.605. The summed E-state index contributed by atoms with van der Waals surface area (Å²) in [5.41, 5.74) is 1.96. The summed E-state index contributed by atoms with van der Waals surface area (Å²) < 4.78 is 33.0. The van der Waals surface area contributed by atoms with Crippen LogP contribution in [0.2, 0.25) is 5.02 Å². The molecule has 1 unspecified atom stereocenters. The lowest BCUT2D eigenvalue weighted by atomic mass is 10.1. The minimum Gasteiger partial charge on any atom is -0.496 e. The number of nitriles is 1. The maximum absolute atomic E-state index is 12.6. The van der Waals surface area contributed by atoms with Crippen molar-refractivity contribution < 1.29 is 13.2 Å². The summed E-state index contributed by atoms with van der Waals surface area (Å²) in [6, 6.07) is 11.0. The standard InChI is InChI=1S/C17H17ClN2O3S/c1-11-4-7-17(23-3)15(8-11)12(2)20-24(21,22)14-6-5-13(10-19)16(18)9-14/h4-9,12,20H,1-3H3.